The van der Waals surface area contributed by atoms with Gasteiger partial charge in [-0.2, -0.15) is 0 Å². The average molecular weight is 609 g/mol. The van der Waals surface area contributed by atoms with Crippen molar-refractivity contribution in [3.8, 4) is 0 Å². The molecule has 1 heterocycles. The van der Waals surface area contributed by atoms with Crippen molar-refractivity contribution in [1.29, 1.82) is 0 Å². The summed E-state index contributed by atoms with van der Waals surface area (Å²) in [6.07, 6.45) is 5.40. The highest BCUT2D eigenvalue weighted by atomic mass is 16.5. The lowest BCUT2D eigenvalue weighted by Gasteiger charge is -2.36. The van der Waals surface area contributed by atoms with Gasteiger partial charge in [0.1, 0.15) is 6.10 Å². The number of hydrogen-bond acceptors (Lipinski definition) is 5. The van der Waals surface area contributed by atoms with Gasteiger partial charge in [-0.3, -0.25) is 14.4 Å². The summed E-state index contributed by atoms with van der Waals surface area (Å²) in [4.78, 5) is 42.2. The molecule has 0 bridgehead atoms. The van der Waals surface area contributed by atoms with Crippen LogP contribution >= 0.6 is 0 Å². The van der Waals surface area contributed by atoms with Gasteiger partial charge in [-0.1, -0.05) is 97.1 Å². The summed E-state index contributed by atoms with van der Waals surface area (Å²) in [5.74, 6) is -1.86. The first kappa shape index (κ1) is 33.4. The van der Waals surface area contributed by atoms with Gasteiger partial charge in [0.05, 0.1) is 31.0 Å². The van der Waals surface area contributed by atoms with Crippen LogP contribution in [0.15, 0.2) is 110 Å². The van der Waals surface area contributed by atoms with E-state index in [1.165, 1.54) is 0 Å². The molecule has 0 spiro atoms. The number of esters is 1. The number of nitrogens with zero attached hydrogens (tertiary/aromatic N) is 1. The van der Waals surface area contributed by atoms with Crippen LogP contribution in [-0.2, 0) is 38.5 Å². The minimum atomic E-state index is -0.706. The Morgan fingerprint density at radius 1 is 0.911 bits per heavy atom. The van der Waals surface area contributed by atoms with E-state index in [2.05, 4.69) is 18.5 Å². The zero-order valence-corrected chi connectivity index (χ0v) is 25.9. The van der Waals surface area contributed by atoms with E-state index in [-0.39, 0.29) is 49.3 Å². The number of nitrogens with one attached hydrogen (secondary N) is 1. The van der Waals surface area contributed by atoms with E-state index in [4.69, 9.17) is 4.74 Å². The standard InChI is InChI=1S/C38H44N2O5/c1-3-5-17-32(22-28-15-8-6-9-16-28)38(44)45-35(29-18-10-7-11-19-29)25-39-37(43)31(14-4-2)24-36(42)40-26-33-21-13-12-20-30(33)23-34(40)27-41/h3-4,6-13,15-16,18-21,31-32,34-35,41H,1-2,5,14,17,22-27H2,(H,39,43)/t31-,32-,34+,35+/m1/s1. The van der Waals surface area contributed by atoms with Crippen molar-refractivity contribution in [2.45, 2.75) is 57.2 Å². The quantitative estimate of drug-likeness (QED) is 0.160. The molecule has 236 valence electrons. The monoisotopic (exact) mass is 608 g/mol. The van der Waals surface area contributed by atoms with Crippen molar-refractivity contribution in [1.82, 2.24) is 10.2 Å². The van der Waals surface area contributed by atoms with E-state index >= 15 is 0 Å². The first-order valence-corrected chi connectivity index (χ1v) is 15.7. The number of carbonyl (C=O) groups excluding carboxylic acids is 3. The SMILES string of the molecule is C=CCC[C@H](Cc1ccccc1)C(=O)O[C@@H](CNC(=O)[C@H](CC=C)CC(=O)N1Cc2ccccc2C[C@H]1CO)c1ccccc1. The Morgan fingerprint density at radius 2 is 1.58 bits per heavy atom. The molecule has 2 amide bonds. The third-order valence-electron chi connectivity index (χ3n) is 8.40. The topological polar surface area (TPSA) is 95.9 Å². The number of rotatable bonds is 16. The number of hydrogen-bond donors (Lipinski definition) is 2. The Morgan fingerprint density at radius 3 is 2.24 bits per heavy atom. The highest BCUT2D eigenvalue weighted by Crippen LogP contribution is 2.26. The molecule has 7 heteroatoms. The van der Waals surface area contributed by atoms with Crippen LogP contribution in [0, 0.1) is 11.8 Å². The molecule has 0 unspecified atom stereocenters. The van der Waals surface area contributed by atoms with Crippen molar-refractivity contribution in [2.24, 2.45) is 11.8 Å². The Balaban J connectivity index is 1.44. The molecule has 0 aromatic heterocycles. The molecule has 0 radical (unpaired) electrons. The molecular formula is C38H44N2O5. The fourth-order valence-electron chi connectivity index (χ4n) is 5.84. The Kier molecular flexibility index (Phi) is 12.7. The summed E-state index contributed by atoms with van der Waals surface area (Å²) in [6, 6.07) is 26.8. The molecule has 3 aromatic carbocycles. The summed E-state index contributed by atoms with van der Waals surface area (Å²) in [5, 5.41) is 13.0. The zero-order valence-electron chi connectivity index (χ0n) is 25.9. The van der Waals surface area contributed by atoms with Crippen LogP contribution < -0.4 is 5.32 Å². The fraction of sp³-hybridized carbons (Fsp3) is 0.342. The second-order valence-corrected chi connectivity index (χ2v) is 11.6. The second kappa shape index (κ2) is 17.1. The van der Waals surface area contributed by atoms with Crippen molar-refractivity contribution >= 4 is 17.8 Å². The van der Waals surface area contributed by atoms with E-state index in [1.54, 1.807) is 17.1 Å². The van der Waals surface area contributed by atoms with Crippen LogP contribution in [0.5, 0.6) is 0 Å². The lowest BCUT2D eigenvalue weighted by atomic mass is 9.92. The van der Waals surface area contributed by atoms with Gasteiger partial charge in [0.2, 0.25) is 11.8 Å². The fourth-order valence-corrected chi connectivity index (χ4v) is 5.84. The van der Waals surface area contributed by atoms with Crippen LogP contribution in [0.2, 0.25) is 0 Å². The van der Waals surface area contributed by atoms with Crippen LogP contribution in [0.1, 0.15) is 54.0 Å². The molecule has 0 saturated carbocycles. The van der Waals surface area contributed by atoms with Gasteiger partial charge in [0.15, 0.2) is 0 Å². The summed E-state index contributed by atoms with van der Waals surface area (Å²) in [6.45, 7) is 7.92. The smallest absolute Gasteiger partial charge is 0.309 e. The number of amides is 2. The summed E-state index contributed by atoms with van der Waals surface area (Å²) in [7, 11) is 0. The molecule has 0 aliphatic carbocycles. The lowest BCUT2D eigenvalue weighted by Crippen LogP contribution is -2.47. The first-order chi connectivity index (χ1) is 21.9. The third kappa shape index (κ3) is 9.50. The van der Waals surface area contributed by atoms with Crippen molar-refractivity contribution in [3.05, 3.63) is 132 Å². The largest absolute Gasteiger partial charge is 0.455 e. The summed E-state index contributed by atoms with van der Waals surface area (Å²) >= 11 is 0. The van der Waals surface area contributed by atoms with E-state index in [0.717, 1.165) is 22.3 Å². The van der Waals surface area contributed by atoms with Crippen LogP contribution in [0.25, 0.3) is 0 Å². The minimum Gasteiger partial charge on any atom is -0.455 e. The Labute approximate surface area is 266 Å². The first-order valence-electron chi connectivity index (χ1n) is 15.7. The summed E-state index contributed by atoms with van der Waals surface area (Å²) in [5.41, 5.74) is 3.98. The predicted molar refractivity (Wildman–Crippen MR) is 176 cm³/mol. The van der Waals surface area contributed by atoms with Gasteiger partial charge in [-0.25, -0.2) is 0 Å². The molecular weight excluding hydrogens is 564 g/mol. The van der Waals surface area contributed by atoms with Crippen molar-refractivity contribution < 1.29 is 24.2 Å². The van der Waals surface area contributed by atoms with E-state index in [0.29, 0.717) is 38.6 Å². The molecule has 0 saturated heterocycles. The summed E-state index contributed by atoms with van der Waals surface area (Å²) < 4.78 is 6.09. The zero-order chi connectivity index (χ0) is 32.0. The molecule has 45 heavy (non-hydrogen) atoms. The maximum Gasteiger partial charge on any atom is 0.309 e. The van der Waals surface area contributed by atoms with Crippen LogP contribution in [0.3, 0.4) is 0 Å². The molecule has 2 N–H and O–H groups in total. The van der Waals surface area contributed by atoms with Crippen LogP contribution in [0.4, 0.5) is 0 Å². The van der Waals surface area contributed by atoms with E-state index in [9.17, 15) is 19.5 Å². The maximum absolute atomic E-state index is 13.5. The van der Waals surface area contributed by atoms with Crippen molar-refractivity contribution in [3.63, 3.8) is 0 Å². The molecule has 0 fully saturated rings. The van der Waals surface area contributed by atoms with Gasteiger partial charge in [0.25, 0.3) is 0 Å². The van der Waals surface area contributed by atoms with E-state index < -0.39 is 12.0 Å². The third-order valence-corrected chi connectivity index (χ3v) is 8.40. The van der Waals surface area contributed by atoms with E-state index in [1.807, 2.05) is 84.9 Å². The van der Waals surface area contributed by atoms with Gasteiger partial charge in [-0.15, -0.1) is 13.2 Å². The number of carbonyl (C=O) groups is 3. The second-order valence-electron chi connectivity index (χ2n) is 11.6. The minimum absolute atomic E-state index is 0.0208. The molecule has 1 aliphatic heterocycles. The Hall–Kier alpha value is -4.49. The molecule has 1 aliphatic rings. The van der Waals surface area contributed by atoms with Crippen molar-refractivity contribution in [2.75, 3.05) is 13.2 Å². The lowest BCUT2D eigenvalue weighted by molar-refractivity contribution is -0.155. The van der Waals surface area contributed by atoms with Crippen LogP contribution in [-0.4, -0.2) is 47.0 Å². The number of fused-ring (bicyclic) bond motifs is 1. The number of benzene rings is 3. The number of ether oxygens (including phenoxy) is 1. The van der Waals surface area contributed by atoms with Gasteiger partial charge >= 0.3 is 5.97 Å². The van der Waals surface area contributed by atoms with Gasteiger partial charge in [0, 0.05) is 13.0 Å². The number of allylic oxidation sites excluding steroid dienone is 2. The molecule has 4 atom stereocenters. The number of aliphatic hydroxyl groups is 1. The molecule has 3 aromatic rings. The number of aliphatic hydroxyl groups excluding tert-OH is 1. The predicted octanol–water partition coefficient (Wildman–Crippen LogP) is 5.74. The molecule has 4 rings (SSSR count). The normalized spacial score (nSPS) is 16.0. The maximum atomic E-state index is 13.5. The highest BCUT2D eigenvalue weighted by Gasteiger charge is 2.32. The van der Waals surface area contributed by atoms with Gasteiger partial charge in [-0.05, 0) is 54.4 Å². The average Bonchev–Trinajstić information content (AvgIpc) is 3.08. The van der Waals surface area contributed by atoms with Gasteiger partial charge < -0.3 is 20.1 Å². The molecule has 7 nitrogen and oxygen atoms in total. The highest BCUT2D eigenvalue weighted by molar-refractivity contribution is 5.86. The Bertz CT molecular complexity index is 1420.